The normalized spacial score (nSPS) is 11.0. The summed E-state index contributed by atoms with van der Waals surface area (Å²) in [6, 6.07) is 10.7. The van der Waals surface area contributed by atoms with Crippen molar-refractivity contribution >= 4 is 23.5 Å². The zero-order chi connectivity index (χ0) is 16.2. The molecule has 4 nitrogen and oxygen atoms in total. The molecule has 23 heavy (non-hydrogen) atoms. The van der Waals surface area contributed by atoms with E-state index in [1.165, 1.54) is 6.08 Å². The van der Waals surface area contributed by atoms with Crippen LogP contribution in [0.15, 0.2) is 61.1 Å². The van der Waals surface area contributed by atoms with Gasteiger partial charge in [-0.05, 0) is 36.4 Å². The Morgan fingerprint density at radius 3 is 2.74 bits per heavy atom. The average Bonchev–Trinajstić information content (AvgIpc) is 2.94. The molecule has 0 N–H and O–H groups in total. The number of rotatable bonds is 4. The van der Waals surface area contributed by atoms with Gasteiger partial charge in [0.1, 0.15) is 0 Å². The molecule has 0 unspecified atom stereocenters. The quantitative estimate of drug-likeness (QED) is 0.538. The lowest BCUT2D eigenvalue weighted by Gasteiger charge is -1.98. The molecule has 0 aliphatic carbocycles. The molecule has 1 aromatic carbocycles. The molecule has 0 bridgehead atoms. The number of pyridine rings is 1. The zero-order valence-electron chi connectivity index (χ0n) is 12.5. The molecule has 0 aliphatic heterocycles. The minimum atomic E-state index is -0.1000. The molecule has 3 aromatic rings. The van der Waals surface area contributed by atoms with Gasteiger partial charge in [-0.2, -0.15) is 5.10 Å². The fourth-order valence-electron chi connectivity index (χ4n) is 2.27. The SMILES string of the molecule is Cn1cc(C=CC(=O)c2cccc(Cl)c2)c(-c2ccncc2)n1. The van der Waals surface area contributed by atoms with Crippen molar-refractivity contribution in [1.29, 1.82) is 0 Å². The maximum atomic E-state index is 12.2. The second kappa shape index (κ2) is 6.58. The predicted octanol–water partition coefficient (Wildman–Crippen LogP) is 4.03. The van der Waals surface area contributed by atoms with E-state index in [4.69, 9.17) is 11.6 Å². The Morgan fingerprint density at radius 2 is 2.00 bits per heavy atom. The first kappa shape index (κ1) is 15.2. The summed E-state index contributed by atoms with van der Waals surface area (Å²) in [5.74, 6) is -0.1000. The van der Waals surface area contributed by atoms with E-state index in [1.54, 1.807) is 47.4 Å². The van der Waals surface area contributed by atoms with Gasteiger partial charge < -0.3 is 0 Å². The van der Waals surface area contributed by atoms with Crippen LogP contribution in [0.5, 0.6) is 0 Å². The molecule has 0 atom stereocenters. The van der Waals surface area contributed by atoms with Crippen molar-refractivity contribution in [3.05, 3.63) is 77.2 Å². The number of aryl methyl sites for hydroxylation is 1. The molecule has 114 valence electrons. The standard InChI is InChI=1S/C18H14ClN3O/c1-22-12-15(18(21-22)13-7-9-20-10-8-13)5-6-17(23)14-3-2-4-16(19)11-14/h2-12H,1H3. The largest absolute Gasteiger partial charge is 0.289 e. The fourth-order valence-corrected chi connectivity index (χ4v) is 2.46. The summed E-state index contributed by atoms with van der Waals surface area (Å²) in [5, 5.41) is 5.00. The maximum Gasteiger partial charge on any atom is 0.185 e. The number of aromatic nitrogens is 3. The van der Waals surface area contributed by atoms with Gasteiger partial charge in [-0.25, -0.2) is 0 Å². The number of allylic oxidation sites excluding steroid dienone is 1. The molecular weight excluding hydrogens is 310 g/mol. The second-order valence-corrected chi connectivity index (χ2v) is 5.49. The summed E-state index contributed by atoms with van der Waals surface area (Å²) < 4.78 is 1.72. The average molecular weight is 324 g/mol. The molecule has 2 aromatic heterocycles. The van der Waals surface area contributed by atoms with Crippen LogP contribution in [0, 0.1) is 0 Å². The Hall–Kier alpha value is -2.72. The molecule has 0 saturated carbocycles. The highest BCUT2D eigenvalue weighted by Crippen LogP contribution is 2.22. The Morgan fingerprint density at radius 1 is 1.22 bits per heavy atom. The molecule has 2 heterocycles. The number of nitrogens with zero attached hydrogens (tertiary/aromatic N) is 3. The van der Waals surface area contributed by atoms with Gasteiger partial charge in [-0.15, -0.1) is 0 Å². The third-order valence-electron chi connectivity index (χ3n) is 3.33. The number of halogens is 1. The molecule has 0 radical (unpaired) electrons. The summed E-state index contributed by atoms with van der Waals surface area (Å²) in [4.78, 5) is 16.3. The predicted molar refractivity (Wildman–Crippen MR) is 91.3 cm³/mol. The van der Waals surface area contributed by atoms with Crippen molar-refractivity contribution in [2.45, 2.75) is 0 Å². The van der Waals surface area contributed by atoms with Gasteiger partial charge in [0.2, 0.25) is 0 Å². The lowest BCUT2D eigenvalue weighted by Crippen LogP contribution is -1.93. The first-order valence-electron chi connectivity index (χ1n) is 7.05. The van der Waals surface area contributed by atoms with E-state index in [2.05, 4.69) is 10.1 Å². The smallest absolute Gasteiger partial charge is 0.185 e. The molecule has 5 heteroatoms. The van der Waals surface area contributed by atoms with Crippen LogP contribution in [0.2, 0.25) is 5.02 Å². The van der Waals surface area contributed by atoms with Gasteiger partial charge in [0.15, 0.2) is 5.78 Å². The number of carbonyl (C=O) groups excluding carboxylic acids is 1. The van der Waals surface area contributed by atoms with Gasteiger partial charge >= 0.3 is 0 Å². The molecule has 3 rings (SSSR count). The summed E-state index contributed by atoms with van der Waals surface area (Å²) in [7, 11) is 1.85. The third kappa shape index (κ3) is 3.55. The first-order valence-corrected chi connectivity index (χ1v) is 7.43. The van der Waals surface area contributed by atoms with E-state index in [9.17, 15) is 4.79 Å². The Balaban J connectivity index is 1.90. The van der Waals surface area contributed by atoms with Gasteiger partial charge in [0.05, 0.1) is 5.69 Å². The Labute approximate surface area is 139 Å². The lowest BCUT2D eigenvalue weighted by molar-refractivity contribution is 0.104. The molecule has 0 saturated heterocycles. The molecule has 0 fully saturated rings. The van der Waals surface area contributed by atoms with Crippen molar-refractivity contribution in [2.75, 3.05) is 0 Å². The molecule has 0 aliphatic rings. The van der Waals surface area contributed by atoms with Gasteiger partial charge in [0.25, 0.3) is 0 Å². The molecular formula is C18H14ClN3O. The third-order valence-corrected chi connectivity index (χ3v) is 3.57. The van der Waals surface area contributed by atoms with E-state index in [-0.39, 0.29) is 5.78 Å². The van der Waals surface area contributed by atoms with E-state index < -0.39 is 0 Å². The van der Waals surface area contributed by atoms with Crippen LogP contribution >= 0.6 is 11.6 Å². The van der Waals surface area contributed by atoms with Gasteiger partial charge in [0, 0.05) is 47.4 Å². The minimum absolute atomic E-state index is 0.1000. The van der Waals surface area contributed by atoms with Crippen LogP contribution < -0.4 is 0 Å². The van der Waals surface area contributed by atoms with Crippen LogP contribution in [0.4, 0.5) is 0 Å². The topological polar surface area (TPSA) is 47.8 Å². The monoisotopic (exact) mass is 323 g/mol. The Kier molecular flexibility index (Phi) is 4.35. The van der Waals surface area contributed by atoms with Crippen LogP contribution in [0.1, 0.15) is 15.9 Å². The number of hydrogen-bond acceptors (Lipinski definition) is 3. The van der Waals surface area contributed by atoms with E-state index in [0.717, 1.165) is 16.8 Å². The number of benzene rings is 1. The number of ketones is 1. The van der Waals surface area contributed by atoms with Crippen molar-refractivity contribution < 1.29 is 4.79 Å². The van der Waals surface area contributed by atoms with E-state index in [0.29, 0.717) is 10.6 Å². The van der Waals surface area contributed by atoms with Crippen LogP contribution in [-0.4, -0.2) is 20.5 Å². The number of carbonyl (C=O) groups is 1. The highest BCUT2D eigenvalue weighted by molar-refractivity contribution is 6.31. The first-order chi connectivity index (χ1) is 11.1. The van der Waals surface area contributed by atoms with Crippen molar-refractivity contribution in [3.63, 3.8) is 0 Å². The number of hydrogen-bond donors (Lipinski definition) is 0. The summed E-state index contributed by atoms with van der Waals surface area (Å²) >= 11 is 5.92. The minimum Gasteiger partial charge on any atom is -0.289 e. The van der Waals surface area contributed by atoms with Gasteiger partial charge in [-0.1, -0.05) is 23.7 Å². The molecule has 0 amide bonds. The molecule has 0 spiro atoms. The summed E-state index contributed by atoms with van der Waals surface area (Å²) in [6.07, 6.45) is 8.61. The second-order valence-electron chi connectivity index (χ2n) is 5.05. The maximum absolute atomic E-state index is 12.2. The fraction of sp³-hybridized carbons (Fsp3) is 0.0556. The van der Waals surface area contributed by atoms with Crippen molar-refractivity contribution in [2.24, 2.45) is 7.05 Å². The summed E-state index contributed by atoms with van der Waals surface area (Å²) in [6.45, 7) is 0. The van der Waals surface area contributed by atoms with Crippen LogP contribution in [0.3, 0.4) is 0 Å². The highest BCUT2D eigenvalue weighted by atomic mass is 35.5. The Bertz CT molecular complexity index is 869. The van der Waals surface area contributed by atoms with E-state index in [1.807, 2.05) is 25.4 Å². The van der Waals surface area contributed by atoms with Gasteiger partial charge in [-0.3, -0.25) is 14.5 Å². The zero-order valence-corrected chi connectivity index (χ0v) is 13.2. The van der Waals surface area contributed by atoms with Crippen LogP contribution in [0.25, 0.3) is 17.3 Å². The summed E-state index contributed by atoms with van der Waals surface area (Å²) in [5.41, 5.74) is 3.19. The van der Waals surface area contributed by atoms with Crippen molar-refractivity contribution in [3.8, 4) is 11.3 Å². The van der Waals surface area contributed by atoms with Crippen molar-refractivity contribution in [1.82, 2.24) is 14.8 Å². The van der Waals surface area contributed by atoms with E-state index >= 15 is 0 Å². The van der Waals surface area contributed by atoms with Crippen LogP contribution in [-0.2, 0) is 7.05 Å². The highest BCUT2D eigenvalue weighted by Gasteiger charge is 2.08. The lowest BCUT2D eigenvalue weighted by atomic mass is 10.1.